The molecule has 0 aliphatic carbocycles. The summed E-state index contributed by atoms with van der Waals surface area (Å²) < 4.78 is 32.0. The van der Waals surface area contributed by atoms with Gasteiger partial charge in [-0.25, -0.2) is 8.42 Å². The smallest absolute Gasteiger partial charge is 0.220 e. The molecule has 0 aromatic carbocycles. The Labute approximate surface area is 334 Å². The number of hydrogen-bond donors (Lipinski definition) is 3. The monoisotopic (exact) mass is 786 g/mol. The molecule has 2 amide bonds. The standard InChI is InChI=1S/C42H81N3O2.C2H6O4S/c1-4-7-9-11-13-15-17-19-21-23-25-27-29-31-33-35-41(46)43-37-39-45(6-3)40-38-44-42(47)36-34-32-30-28-26-24-22-20-18-16-14-12-10-8-5-2;1-2-6-7(3,4)5/h19-22H,4-18,23-40H2,1-3H3,(H,43,46)(H,44,47);2H2,1H3,(H,3,4,5)/b21-19-,22-20-;. The zero-order valence-corrected chi connectivity index (χ0v) is 36.5. The first-order chi connectivity index (χ1) is 26.2. The van der Waals surface area contributed by atoms with Crippen LogP contribution in [0.1, 0.15) is 207 Å². The molecular weight excluding hydrogens is 699 g/mol. The molecule has 0 aromatic rings. The highest BCUT2D eigenvalue weighted by atomic mass is 32.3. The number of carbonyl (C=O) groups is 2. The molecule has 0 unspecified atom stereocenters. The third kappa shape index (κ3) is 48.3. The fraction of sp³-hybridized carbons (Fsp3) is 0.864. The van der Waals surface area contributed by atoms with Crippen LogP contribution >= 0.6 is 0 Å². The van der Waals surface area contributed by atoms with Crippen LogP contribution in [0.15, 0.2) is 24.3 Å². The summed E-state index contributed by atoms with van der Waals surface area (Å²) >= 11 is 0. The summed E-state index contributed by atoms with van der Waals surface area (Å²) in [5.41, 5.74) is 0. The number of rotatable bonds is 39. The minimum atomic E-state index is -4.42. The van der Waals surface area contributed by atoms with Crippen LogP contribution in [0.4, 0.5) is 0 Å². The van der Waals surface area contributed by atoms with Crippen LogP contribution in [-0.4, -0.2) is 64.1 Å². The normalized spacial score (nSPS) is 11.7. The molecule has 0 rings (SSSR count). The van der Waals surface area contributed by atoms with Crippen molar-refractivity contribution < 1.29 is 31.6 Å². The second kappa shape index (κ2) is 44.0. The van der Waals surface area contributed by atoms with Gasteiger partial charge in [-0.2, -0.15) is 0 Å². The second-order valence-corrected chi connectivity index (χ2v) is 15.8. The van der Waals surface area contributed by atoms with E-state index in [4.69, 9.17) is 0 Å². The lowest BCUT2D eigenvalue weighted by Crippen LogP contribution is -3.13. The van der Waals surface area contributed by atoms with E-state index in [0.29, 0.717) is 12.8 Å². The molecule has 0 spiro atoms. The first-order valence-corrected chi connectivity index (χ1v) is 23.8. The molecule has 3 N–H and O–H groups in total. The highest BCUT2D eigenvalue weighted by molar-refractivity contribution is 7.80. The minimum Gasteiger partial charge on any atom is -0.726 e. The third-order valence-electron chi connectivity index (χ3n) is 9.69. The molecule has 0 radical (unpaired) electrons. The van der Waals surface area contributed by atoms with Gasteiger partial charge in [0.1, 0.15) is 0 Å². The summed E-state index contributed by atoms with van der Waals surface area (Å²) in [7, 11) is -4.42. The van der Waals surface area contributed by atoms with Crippen LogP contribution in [0.25, 0.3) is 0 Å². The maximum Gasteiger partial charge on any atom is 0.220 e. The zero-order chi connectivity index (χ0) is 40.2. The van der Waals surface area contributed by atoms with Crippen molar-refractivity contribution in [3.63, 3.8) is 0 Å². The van der Waals surface area contributed by atoms with Gasteiger partial charge in [0, 0.05) is 12.8 Å². The molecule has 54 heavy (non-hydrogen) atoms. The highest BCUT2D eigenvalue weighted by Gasteiger charge is 2.09. The molecule has 0 bridgehead atoms. The van der Waals surface area contributed by atoms with Crippen molar-refractivity contribution in [1.82, 2.24) is 10.6 Å². The summed E-state index contributed by atoms with van der Waals surface area (Å²) in [6.07, 6.45) is 44.0. The summed E-state index contributed by atoms with van der Waals surface area (Å²) in [4.78, 5) is 25.9. The first kappa shape index (κ1) is 54.4. The van der Waals surface area contributed by atoms with Gasteiger partial charge in [0.25, 0.3) is 0 Å². The lowest BCUT2D eigenvalue weighted by molar-refractivity contribution is -0.895. The SMILES string of the molecule is CCCCCCCC/C=C\CCCCCCCC(=O)NCC[NH+](CC)CCNC(=O)CCCCCCC/C=C\CCCCCCCC.CCOS(=O)(=O)[O-]. The van der Waals surface area contributed by atoms with Gasteiger partial charge in [0.2, 0.25) is 22.2 Å². The van der Waals surface area contributed by atoms with Crippen LogP contribution < -0.4 is 15.5 Å². The minimum absolute atomic E-state index is 0.0914. The lowest BCUT2D eigenvalue weighted by atomic mass is 10.1. The second-order valence-electron chi connectivity index (χ2n) is 14.8. The van der Waals surface area contributed by atoms with Crippen molar-refractivity contribution >= 4 is 22.2 Å². The Hall–Kier alpha value is -1.75. The average molecular weight is 786 g/mol. The summed E-state index contributed by atoms with van der Waals surface area (Å²) in [6, 6.07) is 0. The molecule has 0 aliphatic rings. The van der Waals surface area contributed by atoms with Crippen LogP contribution in [-0.2, 0) is 24.2 Å². The predicted octanol–water partition coefficient (Wildman–Crippen LogP) is 9.68. The van der Waals surface area contributed by atoms with Gasteiger partial charge in [0.05, 0.1) is 39.3 Å². The molecule has 10 heteroatoms. The topological polar surface area (TPSA) is 129 Å². The molecular formula is C44H87N3O6S. The van der Waals surface area contributed by atoms with Crippen molar-refractivity contribution in [2.75, 3.05) is 39.3 Å². The maximum absolute atomic E-state index is 12.2. The Balaban J connectivity index is 0. The number of nitrogens with one attached hydrogen (secondary N) is 3. The van der Waals surface area contributed by atoms with Crippen molar-refractivity contribution in [1.29, 1.82) is 0 Å². The first-order valence-electron chi connectivity index (χ1n) is 22.5. The van der Waals surface area contributed by atoms with E-state index < -0.39 is 10.4 Å². The van der Waals surface area contributed by atoms with E-state index in [9.17, 15) is 22.6 Å². The Morgan fingerprint density at radius 3 is 1.11 bits per heavy atom. The van der Waals surface area contributed by atoms with Crippen LogP contribution in [0.3, 0.4) is 0 Å². The lowest BCUT2D eigenvalue weighted by Gasteiger charge is -2.18. The fourth-order valence-electron chi connectivity index (χ4n) is 6.27. The predicted molar refractivity (Wildman–Crippen MR) is 227 cm³/mol. The van der Waals surface area contributed by atoms with Crippen LogP contribution in [0.5, 0.6) is 0 Å². The van der Waals surface area contributed by atoms with E-state index in [1.54, 1.807) is 0 Å². The van der Waals surface area contributed by atoms with E-state index >= 15 is 0 Å². The van der Waals surface area contributed by atoms with E-state index in [1.165, 1.54) is 153 Å². The summed E-state index contributed by atoms with van der Waals surface area (Å²) in [6.45, 7) is 12.3. The molecule has 0 heterocycles. The Kier molecular flexibility index (Phi) is 44.3. The van der Waals surface area contributed by atoms with E-state index in [0.717, 1.165) is 58.4 Å². The number of quaternary nitrogens is 1. The maximum atomic E-state index is 12.2. The van der Waals surface area contributed by atoms with Gasteiger partial charge in [-0.3, -0.25) is 13.8 Å². The quantitative estimate of drug-likeness (QED) is 0.0246. The molecule has 0 aliphatic heterocycles. The van der Waals surface area contributed by atoms with E-state index in [1.807, 2.05) is 0 Å². The summed E-state index contributed by atoms with van der Waals surface area (Å²) in [5.74, 6) is 0.373. The highest BCUT2D eigenvalue weighted by Crippen LogP contribution is 2.11. The molecule has 0 aromatic heterocycles. The largest absolute Gasteiger partial charge is 0.726 e. The molecule has 0 fully saturated rings. The van der Waals surface area contributed by atoms with Crippen molar-refractivity contribution in [3.8, 4) is 0 Å². The number of allylic oxidation sites excluding steroid dienone is 4. The van der Waals surface area contributed by atoms with Crippen molar-refractivity contribution in [2.45, 2.75) is 207 Å². The van der Waals surface area contributed by atoms with Crippen molar-refractivity contribution in [3.05, 3.63) is 24.3 Å². The average Bonchev–Trinajstić information content (AvgIpc) is 3.14. The zero-order valence-electron chi connectivity index (χ0n) is 35.7. The van der Waals surface area contributed by atoms with Gasteiger partial charge < -0.3 is 20.1 Å². The van der Waals surface area contributed by atoms with Gasteiger partial charge >= 0.3 is 0 Å². The summed E-state index contributed by atoms with van der Waals surface area (Å²) in [5, 5.41) is 6.22. The van der Waals surface area contributed by atoms with Gasteiger partial charge in [-0.05, 0) is 78.1 Å². The number of carbonyl (C=O) groups excluding carboxylic acids is 2. The van der Waals surface area contributed by atoms with Crippen LogP contribution in [0.2, 0.25) is 0 Å². The van der Waals surface area contributed by atoms with Gasteiger partial charge in [-0.1, -0.05) is 141 Å². The molecule has 0 atom stereocenters. The number of amides is 2. The van der Waals surface area contributed by atoms with Crippen molar-refractivity contribution in [2.24, 2.45) is 0 Å². The van der Waals surface area contributed by atoms with Gasteiger partial charge in [-0.15, -0.1) is 0 Å². The van der Waals surface area contributed by atoms with E-state index in [2.05, 4.69) is 59.9 Å². The number of likely N-dealkylation sites (N-methyl/N-ethyl adjacent to an activating group) is 1. The van der Waals surface area contributed by atoms with Gasteiger partial charge in [0.15, 0.2) is 0 Å². The molecule has 0 saturated heterocycles. The van der Waals surface area contributed by atoms with E-state index in [-0.39, 0.29) is 18.4 Å². The molecule has 0 saturated carbocycles. The molecule has 320 valence electrons. The fourth-order valence-corrected chi connectivity index (χ4v) is 6.56. The Morgan fingerprint density at radius 2 is 0.833 bits per heavy atom. The molecule has 9 nitrogen and oxygen atoms in total. The Morgan fingerprint density at radius 1 is 0.519 bits per heavy atom. The number of unbranched alkanes of at least 4 members (excludes halogenated alkanes) is 22. The Bertz CT molecular complexity index is 915. The number of hydrogen-bond acceptors (Lipinski definition) is 6. The third-order valence-corrected chi connectivity index (χ3v) is 10.2. The van der Waals surface area contributed by atoms with Crippen LogP contribution in [0, 0.1) is 0 Å².